The van der Waals surface area contributed by atoms with Crippen molar-refractivity contribution in [2.24, 2.45) is 35.5 Å². The third-order valence-electron chi connectivity index (χ3n) is 7.95. The number of carbonyl (C=O) groups excluding carboxylic acids is 2. The predicted molar refractivity (Wildman–Crippen MR) is 125 cm³/mol. The summed E-state index contributed by atoms with van der Waals surface area (Å²) < 4.78 is 19.0. The zero-order valence-electron chi connectivity index (χ0n) is 21.2. The molecule has 0 aromatic rings. The topological polar surface area (TPSA) is 61.8 Å². The normalized spacial score (nSPS) is 38.5. The first kappa shape index (κ1) is 25.7. The van der Waals surface area contributed by atoms with Gasteiger partial charge in [0.2, 0.25) is 0 Å². The fraction of sp³-hybridized carbons (Fsp3) is 0.926. The number of Topliss-reactive ketones (excluding diaryl/α,β-unsaturated/α-hetero) is 1. The van der Waals surface area contributed by atoms with E-state index >= 15 is 0 Å². The average molecular weight is 451 g/mol. The molecule has 3 fully saturated rings. The van der Waals surface area contributed by atoms with Gasteiger partial charge in [-0.05, 0) is 42.9 Å². The van der Waals surface area contributed by atoms with Gasteiger partial charge in [-0.1, -0.05) is 53.9 Å². The van der Waals surface area contributed by atoms with E-state index in [4.69, 9.17) is 14.2 Å². The van der Waals surface area contributed by atoms with Crippen molar-refractivity contribution in [2.75, 3.05) is 6.61 Å². The van der Waals surface area contributed by atoms with E-state index in [1.165, 1.54) is 26.2 Å². The van der Waals surface area contributed by atoms with E-state index in [-0.39, 0.29) is 35.9 Å². The predicted octanol–water partition coefficient (Wildman–Crippen LogP) is 5.93. The highest BCUT2D eigenvalue weighted by Crippen LogP contribution is 2.50. The van der Waals surface area contributed by atoms with Crippen molar-refractivity contribution in [2.45, 2.75) is 117 Å². The van der Waals surface area contributed by atoms with Gasteiger partial charge in [0.05, 0.1) is 18.8 Å². The molecule has 2 heterocycles. The van der Waals surface area contributed by atoms with Gasteiger partial charge in [0.25, 0.3) is 0 Å². The summed E-state index contributed by atoms with van der Waals surface area (Å²) in [6, 6.07) is 0. The Bertz CT molecular complexity index is 646. The maximum atomic E-state index is 12.5. The lowest BCUT2D eigenvalue weighted by atomic mass is 9.68. The first-order chi connectivity index (χ1) is 15.1. The quantitative estimate of drug-likeness (QED) is 0.429. The molecule has 0 radical (unpaired) electrons. The van der Waals surface area contributed by atoms with E-state index in [0.29, 0.717) is 37.1 Å². The molecule has 5 nitrogen and oxygen atoms in total. The van der Waals surface area contributed by atoms with Crippen molar-refractivity contribution in [3.05, 3.63) is 0 Å². The van der Waals surface area contributed by atoms with Crippen LogP contribution in [0.1, 0.15) is 99.3 Å². The summed E-state index contributed by atoms with van der Waals surface area (Å²) in [7, 11) is 0. The zero-order valence-corrected chi connectivity index (χ0v) is 21.2. The second-order valence-corrected chi connectivity index (χ2v) is 11.8. The van der Waals surface area contributed by atoms with Crippen LogP contribution in [0.3, 0.4) is 0 Å². The van der Waals surface area contributed by atoms with E-state index in [2.05, 4.69) is 27.7 Å². The summed E-state index contributed by atoms with van der Waals surface area (Å²) >= 11 is 0. The maximum Gasteiger partial charge on any atom is 0.302 e. The summed E-state index contributed by atoms with van der Waals surface area (Å²) in [5.41, 5.74) is 0. The monoisotopic (exact) mass is 450 g/mol. The molecule has 1 saturated carbocycles. The van der Waals surface area contributed by atoms with Crippen molar-refractivity contribution in [3.8, 4) is 0 Å². The smallest absolute Gasteiger partial charge is 0.302 e. The maximum absolute atomic E-state index is 12.5. The second-order valence-electron chi connectivity index (χ2n) is 11.8. The Morgan fingerprint density at radius 2 is 1.88 bits per heavy atom. The minimum atomic E-state index is -0.605. The molecule has 0 amide bonds. The Labute approximate surface area is 195 Å². The van der Waals surface area contributed by atoms with Crippen molar-refractivity contribution in [1.29, 1.82) is 0 Å². The highest BCUT2D eigenvalue weighted by atomic mass is 16.7. The molecule has 0 N–H and O–H groups in total. The molecular weight excluding hydrogens is 404 g/mol. The molecule has 1 aliphatic carbocycles. The van der Waals surface area contributed by atoms with Crippen molar-refractivity contribution in [3.63, 3.8) is 0 Å². The number of hydrogen-bond acceptors (Lipinski definition) is 5. The fourth-order valence-corrected chi connectivity index (χ4v) is 6.36. The lowest BCUT2D eigenvalue weighted by molar-refractivity contribution is -0.346. The molecule has 0 bridgehead atoms. The number of rotatable bonds is 8. The van der Waals surface area contributed by atoms with Gasteiger partial charge in [0, 0.05) is 38.0 Å². The summed E-state index contributed by atoms with van der Waals surface area (Å²) in [6.45, 7) is 13.1. The minimum absolute atomic E-state index is 0.00595. The number of ketones is 1. The lowest BCUT2D eigenvalue weighted by Gasteiger charge is -2.54. The molecule has 5 heteroatoms. The number of hydrogen-bond donors (Lipinski definition) is 0. The van der Waals surface area contributed by atoms with Gasteiger partial charge in [0.15, 0.2) is 5.79 Å². The van der Waals surface area contributed by atoms with Crippen LogP contribution in [0.2, 0.25) is 0 Å². The number of fused-ring (bicyclic) bond motifs is 1. The Hall–Kier alpha value is -0.940. The average Bonchev–Trinajstić information content (AvgIpc) is 2.66. The standard InChI is InChI=1S/C27H46O5/c1-17(2)8-7-9-18(3)10-23-11-19(4)14-27(31-23)15-22(16-30-21(6)28)24-13-25(29)20(5)12-26(24)32-27/h17-20,22-24,26H,7-16H2,1-6H3/t18?,19?,20?,22?,23-,24-,26-,27+/m1/s1. The van der Waals surface area contributed by atoms with Crippen LogP contribution in [-0.4, -0.2) is 36.4 Å². The lowest BCUT2D eigenvalue weighted by Crippen LogP contribution is -2.58. The van der Waals surface area contributed by atoms with Gasteiger partial charge in [-0.25, -0.2) is 0 Å². The van der Waals surface area contributed by atoms with Gasteiger partial charge < -0.3 is 14.2 Å². The zero-order chi connectivity index (χ0) is 23.5. The van der Waals surface area contributed by atoms with Crippen molar-refractivity contribution in [1.82, 2.24) is 0 Å². The molecule has 2 saturated heterocycles. The molecule has 1 spiro atoms. The van der Waals surface area contributed by atoms with Crippen LogP contribution in [0.25, 0.3) is 0 Å². The molecule has 3 rings (SSSR count). The molecule has 4 unspecified atom stereocenters. The van der Waals surface area contributed by atoms with Gasteiger partial charge >= 0.3 is 5.97 Å². The van der Waals surface area contributed by atoms with Crippen molar-refractivity contribution >= 4 is 11.8 Å². The van der Waals surface area contributed by atoms with Gasteiger partial charge in [-0.15, -0.1) is 0 Å². The Kier molecular flexibility index (Phi) is 8.82. The van der Waals surface area contributed by atoms with Crippen LogP contribution in [0.5, 0.6) is 0 Å². The second kappa shape index (κ2) is 11.0. The van der Waals surface area contributed by atoms with Crippen LogP contribution < -0.4 is 0 Å². The summed E-state index contributed by atoms with van der Waals surface area (Å²) in [4.78, 5) is 24.0. The molecule has 8 atom stereocenters. The molecule has 32 heavy (non-hydrogen) atoms. The van der Waals surface area contributed by atoms with Gasteiger partial charge in [-0.2, -0.15) is 0 Å². The van der Waals surface area contributed by atoms with Gasteiger partial charge in [-0.3, -0.25) is 9.59 Å². The van der Waals surface area contributed by atoms with Crippen LogP contribution in [-0.2, 0) is 23.8 Å². The Morgan fingerprint density at radius 1 is 1.12 bits per heavy atom. The highest BCUT2D eigenvalue weighted by Gasteiger charge is 2.53. The van der Waals surface area contributed by atoms with Crippen LogP contribution in [0.15, 0.2) is 0 Å². The summed E-state index contributed by atoms with van der Waals surface area (Å²) in [5, 5.41) is 0. The molecular formula is C27H46O5. The van der Waals surface area contributed by atoms with Crippen LogP contribution in [0.4, 0.5) is 0 Å². The number of ether oxygens (including phenoxy) is 3. The van der Waals surface area contributed by atoms with E-state index in [0.717, 1.165) is 31.6 Å². The molecule has 3 aliphatic rings. The van der Waals surface area contributed by atoms with Crippen LogP contribution in [0, 0.1) is 35.5 Å². The molecule has 0 aromatic heterocycles. The SMILES string of the molecule is CC(=O)OCC1C[C@]2(CC(C)C[C@@H](CC(C)CCCC(C)C)O2)O[C@@H]2CC(C)C(=O)C[C@H]12. The van der Waals surface area contributed by atoms with E-state index in [9.17, 15) is 9.59 Å². The first-order valence-corrected chi connectivity index (χ1v) is 13.1. The van der Waals surface area contributed by atoms with Gasteiger partial charge in [0.1, 0.15) is 5.78 Å². The molecule has 0 aromatic carbocycles. The number of carbonyl (C=O) groups is 2. The molecule has 2 aliphatic heterocycles. The Balaban J connectivity index is 1.69. The number of esters is 1. The fourth-order valence-electron chi connectivity index (χ4n) is 6.36. The third-order valence-corrected chi connectivity index (χ3v) is 7.95. The first-order valence-electron chi connectivity index (χ1n) is 13.1. The largest absolute Gasteiger partial charge is 0.466 e. The highest BCUT2D eigenvalue weighted by molar-refractivity contribution is 5.82. The minimum Gasteiger partial charge on any atom is -0.466 e. The summed E-state index contributed by atoms with van der Waals surface area (Å²) in [5.74, 6) is 1.64. The van der Waals surface area contributed by atoms with E-state index in [1.54, 1.807) is 0 Å². The van der Waals surface area contributed by atoms with Crippen molar-refractivity contribution < 1.29 is 23.8 Å². The Morgan fingerprint density at radius 3 is 2.56 bits per heavy atom. The third kappa shape index (κ3) is 6.79. The van der Waals surface area contributed by atoms with E-state index in [1.807, 2.05) is 6.92 Å². The van der Waals surface area contributed by atoms with Crippen LogP contribution >= 0.6 is 0 Å². The summed E-state index contributed by atoms with van der Waals surface area (Å²) in [6.07, 6.45) is 9.06. The molecule has 184 valence electrons. The van der Waals surface area contributed by atoms with E-state index < -0.39 is 5.79 Å².